The van der Waals surface area contributed by atoms with Gasteiger partial charge in [0.25, 0.3) is 5.91 Å². The molecule has 0 atom stereocenters. The second kappa shape index (κ2) is 7.85. The fourth-order valence-electron chi connectivity index (χ4n) is 4.51. The molecular formula is C23H26N2O4. The Hall–Kier alpha value is -2.89. The van der Waals surface area contributed by atoms with E-state index < -0.39 is 0 Å². The van der Waals surface area contributed by atoms with Gasteiger partial charge in [0, 0.05) is 44.7 Å². The van der Waals surface area contributed by atoms with Crippen molar-refractivity contribution in [2.45, 2.75) is 39.2 Å². The van der Waals surface area contributed by atoms with Crippen LogP contribution in [0.5, 0.6) is 0 Å². The zero-order valence-electron chi connectivity index (χ0n) is 16.7. The minimum absolute atomic E-state index is 0.0624. The van der Waals surface area contributed by atoms with Crippen LogP contribution in [0.15, 0.2) is 51.7 Å². The summed E-state index contributed by atoms with van der Waals surface area (Å²) in [7, 11) is 0. The topological polar surface area (TPSA) is 70.8 Å². The lowest BCUT2D eigenvalue weighted by Gasteiger charge is -2.47. The van der Waals surface area contributed by atoms with E-state index in [1.54, 1.807) is 11.8 Å². The van der Waals surface area contributed by atoms with Crippen LogP contribution in [-0.4, -0.2) is 41.2 Å². The molecule has 0 radical (unpaired) electrons. The van der Waals surface area contributed by atoms with Crippen molar-refractivity contribution in [2.24, 2.45) is 5.41 Å². The van der Waals surface area contributed by atoms with Gasteiger partial charge in [-0.3, -0.25) is 14.4 Å². The smallest absolute Gasteiger partial charge is 0.289 e. The number of piperidine rings is 2. The fourth-order valence-corrected chi connectivity index (χ4v) is 4.51. The first-order chi connectivity index (χ1) is 13.9. The highest BCUT2D eigenvalue weighted by Gasteiger charge is 2.42. The van der Waals surface area contributed by atoms with Gasteiger partial charge in [-0.15, -0.1) is 0 Å². The van der Waals surface area contributed by atoms with Crippen LogP contribution >= 0.6 is 0 Å². The fraction of sp³-hybridized carbons (Fsp3) is 0.435. The minimum atomic E-state index is -0.228. The van der Waals surface area contributed by atoms with E-state index in [1.807, 2.05) is 35.2 Å². The van der Waals surface area contributed by atoms with Crippen molar-refractivity contribution < 1.29 is 14.0 Å². The molecule has 1 aromatic heterocycles. The average molecular weight is 394 g/mol. The Kier molecular flexibility index (Phi) is 5.26. The van der Waals surface area contributed by atoms with Gasteiger partial charge in [-0.2, -0.15) is 0 Å². The molecule has 29 heavy (non-hydrogen) atoms. The minimum Gasteiger partial charge on any atom is -0.456 e. The Bertz CT molecular complexity index is 958. The number of likely N-dealkylation sites (tertiary alicyclic amines) is 2. The monoisotopic (exact) mass is 394 g/mol. The molecule has 0 saturated carbocycles. The molecule has 2 aromatic rings. The number of aryl methyl sites for hydroxylation is 1. The molecule has 3 heterocycles. The highest BCUT2D eigenvalue weighted by atomic mass is 16.3. The van der Waals surface area contributed by atoms with Crippen LogP contribution in [0, 0.1) is 12.3 Å². The summed E-state index contributed by atoms with van der Waals surface area (Å²) in [5.74, 6) is 0.528. The zero-order valence-corrected chi connectivity index (χ0v) is 16.7. The molecule has 2 amide bonds. The van der Waals surface area contributed by atoms with E-state index in [2.05, 4.69) is 0 Å². The van der Waals surface area contributed by atoms with E-state index in [0.717, 1.165) is 31.4 Å². The molecule has 0 N–H and O–H groups in total. The van der Waals surface area contributed by atoms with Gasteiger partial charge in [0.1, 0.15) is 5.76 Å². The second-order valence-corrected chi connectivity index (χ2v) is 8.30. The van der Waals surface area contributed by atoms with Crippen molar-refractivity contribution in [1.82, 2.24) is 9.80 Å². The van der Waals surface area contributed by atoms with Crippen LogP contribution in [0.2, 0.25) is 0 Å². The Morgan fingerprint density at radius 2 is 1.79 bits per heavy atom. The lowest BCUT2D eigenvalue weighted by Crippen LogP contribution is -2.52. The number of hydrogen-bond donors (Lipinski definition) is 0. The molecule has 6 heteroatoms. The van der Waals surface area contributed by atoms with E-state index in [1.165, 1.54) is 12.1 Å². The van der Waals surface area contributed by atoms with Crippen molar-refractivity contribution in [3.8, 4) is 0 Å². The Labute approximate surface area is 170 Å². The van der Waals surface area contributed by atoms with Crippen LogP contribution in [0.4, 0.5) is 0 Å². The molecule has 0 aliphatic carbocycles. The van der Waals surface area contributed by atoms with Crippen LogP contribution in [-0.2, 0) is 11.3 Å². The number of rotatable bonds is 3. The Balaban J connectivity index is 1.42. The van der Waals surface area contributed by atoms with Gasteiger partial charge in [0.2, 0.25) is 5.91 Å². The lowest BCUT2D eigenvalue weighted by atomic mass is 9.72. The lowest BCUT2D eigenvalue weighted by molar-refractivity contribution is -0.139. The molecular weight excluding hydrogens is 368 g/mol. The number of amides is 2. The van der Waals surface area contributed by atoms with Crippen molar-refractivity contribution in [1.29, 1.82) is 0 Å². The first-order valence-corrected chi connectivity index (χ1v) is 10.2. The third-order valence-corrected chi connectivity index (χ3v) is 6.18. The highest BCUT2D eigenvalue weighted by Crippen LogP contribution is 2.40. The molecule has 0 bridgehead atoms. The third kappa shape index (κ3) is 4.26. The first-order valence-electron chi connectivity index (χ1n) is 10.2. The first kappa shape index (κ1) is 19.4. The van der Waals surface area contributed by atoms with E-state index >= 15 is 0 Å². The molecule has 1 aromatic carbocycles. The van der Waals surface area contributed by atoms with Crippen LogP contribution < -0.4 is 5.43 Å². The maximum Gasteiger partial charge on any atom is 0.289 e. The van der Waals surface area contributed by atoms with E-state index in [-0.39, 0.29) is 28.4 Å². The Morgan fingerprint density at radius 3 is 2.48 bits per heavy atom. The Morgan fingerprint density at radius 1 is 1.07 bits per heavy atom. The van der Waals surface area contributed by atoms with Crippen LogP contribution in [0.25, 0.3) is 0 Å². The maximum absolute atomic E-state index is 12.8. The second-order valence-electron chi connectivity index (χ2n) is 8.30. The van der Waals surface area contributed by atoms with Gasteiger partial charge in [-0.05, 0) is 37.2 Å². The van der Waals surface area contributed by atoms with Gasteiger partial charge in [-0.25, -0.2) is 0 Å². The summed E-state index contributed by atoms with van der Waals surface area (Å²) >= 11 is 0. The molecule has 152 valence electrons. The number of carbonyl (C=O) groups is 2. The molecule has 6 nitrogen and oxygen atoms in total. The van der Waals surface area contributed by atoms with Gasteiger partial charge < -0.3 is 14.2 Å². The number of benzene rings is 1. The highest BCUT2D eigenvalue weighted by molar-refractivity contribution is 5.91. The van der Waals surface area contributed by atoms with Crippen molar-refractivity contribution >= 4 is 11.8 Å². The van der Waals surface area contributed by atoms with Gasteiger partial charge in [0.15, 0.2) is 11.2 Å². The number of hydrogen-bond acceptors (Lipinski definition) is 4. The summed E-state index contributed by atoms with van der Waals surface area (Å²) in [6.07, 6.45) is 3.15. The van der Waals surface area contributed by atoms with Crippen molar-refractivity contribution in [2.75, 3.05) is 19.6 Å². The third-order valence-electron chi connectivity index (χ3n) is 6.18. The van der Waals surface area contributed by atoms with Gasteiger partial charge in [0.05, 0.1) is 0 Å². The van der Waals surface area contributed by atoms with Crippen molar-refractivity contribution in [3.63, 3.8) is 0 Å². The molecule has 2 fully saturated rings. The summed E-state index contributed by atoms with van der Waals surface area (Å²) < 4.78 is 5.46. The summed E-state index contributed by atoms with van der Waals surface area (Å²) in [6, 6.07) is 12.7. The zero-order chi connectivity index (χ0) is 20.4. The van der Waals surface area contributed by atoms with Crippen LogP contribution in [0.1, 0.15) is 47.6 Å². The molecule has 4 rings (SSSR count). The van der Waals surface area contributed by atoms with E-state index in [0.29, 0.717) is 31.8 Å². The molecule has 2 saturated heterocycles. The normalized spacial score (nSPS) is 18.9. The summed E-state index contributed by atoms with van der Waals surface area (Å²) in [4.78, 5) is 40.6. The predicted molar refractivity (Wildman–Crippen MR) is 108 cm³/mol. The molecule has 0 unspecified atom stereocenters. The van der Waals surface area contributed by atoms with E-state index in [9.17, 15) is 14.4 Å². The molecule has 1 spiro atoms. The average Bonchev–Trinajstić information content (AvgIpc) is 2.71. The standard InChI is InChI=1S/C23H26N2O4/c1-17-13-19(26)14-20(29-17)22(28)24-11-9-23(10-12-24)8-7-21(27)25(16-23)15-18-5-3-2-4-6-18/h2-6,13-14H,7-12,15-16H2,1H3. The quantitative estimate of drug-likeness (QED) is 0.802. The molecule has 2 aliphatic rings. The summed E-state index contributed by atoms with van der Waals surface area (Å²) in [5.41, 5.74) is 0.986. The summed E-state index contributed by atoms with van der Waals surface area (Å²) in [6.45, 7) is 4.28. The van der Waals surface area contributed by atoms with Gasteiger partial charge in [-0.1, -0.05) is 30.3 Å². The largest absolute Gasteiger partial charge is 0.456 e. The number of carbonyl (C=O) groups excluding carboxylic acids is 2. The van der Waals surface area contributed by atoms with Crippen LogP contribution in [0.3, 0.4) is 0 Å². The van der Waals surface area contributed by atoms with E-state index in [4.69, 9.17) is 4.42 Å². The maximum atomic E-state index is 12.8. The number of nitrogens with zero attached hydrogens (tertiary/aromatic N) is 2. The summed E-state index contributed by atoms with van der Waals surface area (Å²) in [5, 5.41) is 0. The van der Waals surface area contributed by atoms with Crippen molar-refractivity contribution in [3.05, 3.63) is 69.8 Å². The SMILES string of the molecule is Cc1cc(=O)cc(C(=O)N2CCC3(CCC(=O)N(Cc4ccccc4)C3)CC2)o1. The van der Waals surface area contributed by atoms with Gasteiger partial charge >= 0.3 is 0 Å². The molecule has 2 aliphatic heterocycles. The predicted octanol–water partition coefficient (Wildman–Crippen LogP) is 2.99.